The number of aliphatic hydroxyl groups excluding tert-OH is 1. The molecule has 0 spiro atoms. The molecule has 0 radical (unpaired) electrons. The van der Waals surface area contributed by atoms with Crippen molar-refractivity contribution in [2.45, 2.75) is 6.54 Å². The molecule has 102 valence electrons. The minimum Gasteiger partial charge on any atom is -0.394 e. The summed E-state index contributed by atoms with van der Waals surface area (Å²) in [7, 11) is 0. The molecule has 1 heterocycles. The SMILES string of the molecule is OCCOCCNCc1ccn(-c2ccccc2)n1. The van der Waals surface area contributed by atoms with E-state index in [1.165, 1.54) is 0 Å². The smallest absolute Gasteiger partial charge is 0.0766 e. The summed E-state index contributed by atoms with van der Waals surface area (Å²) in [5.41, 5.74) is 2.05. The minimum atomic E-state index is 0.0709. The topological polar surface area (TPSA) is 59.3 Å². The van der Waals surface area contributed by atoms with Gasteiger partial charge in [-0.3, -0.25) is 0 Å². The van der Waals surface area contributed by atoms with Crippen molar-refractivity contribution >= 4 is 0 Å². The maximum atomic E-state index is 8.55. The molecule has 0 bridgehead atoms. The zero-order valence-electron chi connectivity index (χ0n) is 10.8. The number of para-hydroxylation sites is 1. The third-order valence-corrected chi connectivity index (χ3v) is 2.63. The zero-order valence-corrected chi connectivity index (χ0v) is 10.8. The second kappa shape index (κ2) is 7.68. The Bertz CT molecular complexity index is 471. The molecule has 0 aliphatic heterocycles. The van der Waals surface area contributed by atoms with Crippen molar-refractivity contribution in [3.63, 3.8) is 0 Å². The second-order valence-corrected chi connectivity index (χ2v) is 4.10. The van der Waals surface area contributed by atoms with Crippen LogP contribution in [0.5, 0.6) is 0 Å². The molecule has 1 aromatic heterocycles. The predicted molar refractivity (Wildman–Crippen MR) is 73.2 cm³/mol. The van der Waals surface area contributed by atoms with E-state index in [1.807, 2.05) is 47.3 Å². The number of aliphatic hydroxyl groups is 1. The Hall–Kier alpha value is -1.69. The van der Waals surface area contributed by atoms with Crippen molar-refractivity contribution in [1.29, 1.82) is 0 Å². The lowest BCUT2D eigenvalue weighted by molar-refractivity contribution is 0.0937. The fourth-order valence-corrected chi connectivity index (χ4v) is 1.71. The van der Waals surface area contributed by atoms with Gasteiger partial charge in [0.1, 0.15) is 0 Å². The van der Waals surface area contributed by atoms with E-state index >= 15 is 0 Å². The summed E-state index contributed by atoms with van der Waals surface area (Å²) in [6.45, 7) is 2.52. The van der Waals surface area contributed by atoms with Crippen LogP contribution >= 0.6 is 0 Å². The normalized spacial score (nSPS) is 10.8. The molecule has 2 rings (SSSR count). The van der Waals surface area contributed by atoms with E-state index in [0.717, 1.165) is 17.9 Å². The average molecular weight is 261 g/mol. The number of nitrogens with one attached hydrogen (secondary N) is 1. The van der Waals surface area contributed by atoms with Crippen LogP contribution in [0.15, 0.2) is 42.6 Å². The number of hydrogen-bond acceptors (Lipinski definition) is 4. The Morgan fingerprint density at radius 3 is 2.79 bits per heavy atom. The molecular weight excluding hydrogens is 242 g/mol. The van der Waals surface area contributed by atoms with Crippen LogP contribution in [0.25, 0.3) is 5.69 Å². The standard InChI is InChI=1S/C14H19N3O2/c18-9-11-19-10-7-15-12-13-6-8-17(16-13)14-4-2-1-3-5-14/h1-6,8,15,18H,7,9-12H2. The van der Waals surface area contributed by atoms with Crippen molar-refractivity contribution in [2.24, 2.45) is 0 Å². The lowest BCUT2D eigenvalue weighted by Crippen LogP contribution is -2.20. The first-order valence-corrected chi connectivity index (χ1v) is 6.39. The van der Waals surface area contributed by atoms with Crippen LogP contribution in [0.1, 0.15) is 5.69 Å². The van der Waals surface area contributed by atoms with E-state index in [4.69, 9.17) is 9.84 Å². The molecule has 0 saturated heterocycles. The number of benzene rings is 1. The van der Waals surface area contributed by atoms with Gasteiger partial charge in [-0.05, 0) is 18.2 Å². The van der Waals surface area contributed by atoms with Crippen molar-refractivity contribution in [2.75, 3.05) is 26.4 Å². The first-order chi connectivity index (χ1) is 9.40. The highest BCUT2D eigenvalue weighted by Gasteiger charge is 2.00. The van der Waals surface area contributed by atoms with Gasteiger partial charge in [0.05, 0.1) is 31.2 Å². The largest absolute Gasteiger partial charge is 0.394 e. The molecule has 0 aliphatic rings. The van der Waals surface area contributed by atoms with E-state index in [-0.39, 0.29) is 6.61 Å². The summed E-state index contributed by atoms with van der Waals surface area (Å²) in [6, 6.07) is 12.0. The van der Waals surface area contributed by atoms with Gasteiger partial charge in [-0.25, -0.2) is 4.68 Å². The minimum absolute atomic E-state index is 0.0709. The van der Waals surface area contributed by atoms with Gasteiger partial charge in [0.15, 0.2) is 0 Å². The molecule has 2 aromatic rings. The van der Waals surface area contributed by atoms with Crippen molar-refractivity contribution in [3.8, 4) is 5.69 Å². The van der Waals surface area contributed by atoms with Gasteiger partial charge in [0, 0.05) is 19.3 Å². The molecule has 2 N–H and O–H groups in total. The van der Waals surface area contributed by atoms with E-state index in [9.17, 15) is 0 Å². The molecule has 0 aliphatic carbocycles. The molecule has 19 heavy (non-hydrogen) atoms. The Morgan fingerprint density at radius 1 is 1.16 bits per heavy atom. The molecule has 0 amide bonds. The van der Waals surface area contributed by atoms with Crippen LogP contribution < -0.4 is 5.32 Å². The molecule has 5 nitrogen and oxygen atoms in total. The van der Waals surface area contributed by atoms with E-state index in [1.54, 1.807) is 0 Å². The molecule has 5 heteroatoms. The highest BCUT2D eigenvalue weighted by atomic mass is 16.5. The molecule has 0 unspecified atom stereocenters. The van der Waals surface area contributed by atoms with Crippen LogP contribution in [0.2, 0.25) is 0 Å². The Morgan fingerprint density at radius 2 is 2.00 bits per heavy atom. The van der Waals surface area contributed by atoms with Crippen LogP contribution in [0.4, 0.5) is 0 Å². The summed E-state index contributed by atoms with van der Waals surface area (Å²) in [5.74, 6) is 0. The summed E-state index contributed by atoms with van der Waals surface area (Å²) >= 11 is 0. The van der Waals surface area contributed by atoms with Gasteiger partial charge in [-0.2, -0.15) is 5.10 Å². The van der Waals surface area contributed by atoms with E-state index in [2.05, 4.69) is 10.4 Å². The third-order valence-electron chi connectivity index (χ3n) is 2.63. The number of ether oxygens (including phenoxy) is 1. The fourth-order valence-electron chi connectivity index (χ4n) is 1.71. The number of hydrogen-bond donors (Lipinski definition) is 2. The van der Waals surface area contributed by atoms with Gasteiger partial charge >= 0.3 is 0 Å². The van der Waals surface area contributed by atoms with Crippen LogP contribution in [-0.4, -0.2) is 41.3 Å². The van der Waals surface area contributed by atoms with Gasteiger partial charge in [-0.1, -0.05) is 18.2 Å². The summed E-state index contributed by atoms with van der Waals surface area (Å²) in [4.78, 5) is 0. The predicted octanol–water partition coefficient (Wildman–Crippen LogP) is 0.971. The zero-order chi connectivity index (χ0) is 13.3. The lowest BCUT2D eigenvalue weighted by Gasteiger charge is -2.03. The Balaban J connectivity index is 1.75. The highest BCUT2D eigenvalue weighted by Crippen LogP contribution is 2.06. The van der Waals surface area contributed by atoms with Crippen molar-refractivity contribution in [3.05, 3.63) is 48.3 Å². The highest BCUT2D eigenvalue weighted by molar-refractivity contribution is 5.30. The van der Waals surface area contributed by atoms with Gasteiger partial charge in [0.25, 0.3) is 0 Å². The van der Waals surface area contributed by atoms with E-state index < -0.39 is 0 Å². The second-order valence-electron chi connectivity index (χ2n) is 4.10. The van der Waals surface area contributed by atoms with Gasteiger partial charge < -0.3 is 15.2 Å². The average Bonchev–Trinajstić information content (AvgIpc) is 2.92. The lowest BCUT2D eigenvalue weighted by atomic mass is 10.3. The number of nitrogens with zero attached hydrogens (tertiary/aromatic N) is 2. The van der Waals surface area contributed by atoms with Crippen LogP contribution in [-0.2, 0) is 11.3 Å². The fraction of sp³-hybridized carbons (Fsp3) is 0.357. The summed E-state index contributed by atoms with van der Waals surface area (Å²) < 4.78 is 7.02. The molecule has 0 saturated carbocycles. The Kier molecular flexibility index (Phi) is 5.55. The third kappa shape index (κ3) is 4.48. The maximum Gasteiger partial charge on any atom is 0.0766 e. The Labute approximate surface area is 112 Å². The summed E-state index contributed by atoms with van der Waals surface area (Å²) in [6.07, 6.45) is 1.95. The number of rotatable bonds is 8. The van der Waals surface area contributed by atoms with Crippen molar-refractivity contribution in [1.82, 2.24) is 15.1 Å². The monoisotopic (exact) mass is 261 g/mol. The maximum absolute atomic E-state index is 8.55. The number of aromatic nitrogens is 2. The quantitative estimate of drug-likeness (QED) is 0.695. The first kappa shape index (κ1) is 13.7. The van der Waals surface area contributed by atoms with Crippen molar-refractivity contribution < 1.29 is 9.84 Å². The summed E-state index contributed by atoms with van der Waals surface area (Å²) in [5, 5.41) is 16.3. The van der Waals surface area contributed by atoms with Crippen LogP contribution in [0, 0.1) is 0 Å². The van der Waals surface area contributed by atoms with Gasteiger partial charge in [-0.15, -0.1) is 0 Å². The van der Waals surface area contributed by atoms with E-state index in [0.29, 0.717) is 19.8 Å². The molecular formula is C14H19N3O2. The molecule has 0 fully saturated rings. The molecule has 1 aromatic carbocycles. The van der Waals surface area contributed by atoms with Crippen LogP contribution in [0.3, 0.4) is 0 Å². The first-order valence-electron chi connectivity index (χ1n) is 6.39. The molecule has 0 atom stereocenters. The van der Waals surface area contributed by atoms with Gasteiger partial charge in [0.2, 0.25) is 0 Å².